The van der Waals surface area contributed by atoms with Gasteiger partial charge in [-0.2, -0.15) is 0 Å². The first kappa shape index (κ1) is 16.4. The highest BCUT2D eigenvalue weighted by atomic mass is 79.9. The van der Waals surface area contributed by atoms with Gasteiger partial charge in [-0.25, -0.2) is 0 Å². The lowest BCUT2D eigenvalue weighted by Gasteiger charge is -2.13. The number of rotatable bonds is 5. The predicted molar refractivity (Wildman–Crippen MR) is 90.8 cm³/mol. The Hall–Kier alpha value is -1.95. The average molecular weight is 360 g/mol. The molecule has 2 radical (unpaired) electrons. The number of hydrogen-bond donors (Lipinski definition) is 1. The Morgan fingerprint density at radius 2 is 1.95 bits per heavy atom. The number of anilines is 1. The van der Waals surface area contributed by atoms with Crippen LogP contribution in [0, 0.1) is 0 Å². The van der Waals surface area contributed by atoms with Gasteiger partial charge >= 0.3 is 5.97 Å². The number of hydrogen-bond acceptors (Lipinski definition) is 4. The summed E-state index contributed by atoms with van der Waals surface area (Å²) in [7, 11) is 7.41. The minimum Gasteiger partial charge on any atom is -0.469 e. The Morgan fingerprint density at radius 3 is 2.55 bits per heavy atom. The number of aryl methyl sites for hydroxylation is 1. The van der Waals surface area contributed by atoms with E-state index in [0.29, 0.717) is 35.5 Å². The smallest absolute Gasteiger partial charge is 0.305 e. The first-order chi connectivity index (χ1) is 10.5. The fourth-order valence-electron chi connectivity index (χ4n) is 1.93. The molecule has 0 saturated heterocycles. The highest BCUT2D eigenvalue weighted by Gasteiger charge is 2.10. The maximum Gasteiger partial charge on any atom is 0.305 e. The van der Waals surface area contributed by atoms with Crippen LogP contribution in [-0.4, -0.2) is 20.9 Å². The lowest BCUT2D eigenvalue weighted by molar-refractivity contribution is -0.140. The van der Waals surface area contributed by atoms with Crippen LogP contribution in [0.25, 0.3) is 0 Å². The summed E-state index contributed by atoms with van der Waals surface area (Å²) >= 11 is 3.45. The Bertz CT molecular complexity index is 651. The molecule has 6 heteroatoms. The normalized spacial score (nSPS) is 10.3. The van der Waals surface area contributed by atoms with Crippen LogP contribution in [0.5, 0.6) is 11.5 Å². The molecule has 0 fully saturated rings. The van der Waals surface area contributed by atoms with Crippen LogP contribution >= 0.6 is 15.9 Å². The van der Waals surface area contributed by atoms with Gasteiger partial charge in [0.15, 0.2) is 0 Å². The highest BCUT2D eigenvalue weighted by molar-refractivity contribution is 9.10. The summed E-state index contributed by atoms with van der Waals surface area (Å²) < 4.78 is 11.1. The van der Waals surface area contributed by atoms with E-state index >= 15 is 0 Å². The number of carbonyl (C=O) groups excluding carboxylic acids is 1. The van der Waals surface area contributed by atoms with Crippen molar-refractivity contribution in [2.45, 2.75) is 12.8 Å². The number of ether oxygens (including phenoxy) is 2. The minimum absolute atomic E-state index is 0.253. The quantitative estimate of drug-likeness (QED) is 0.506. The van der Waals surface area contributed by atoms with Crippen LogP contribution in [0.1, 0.15) is 12.0 Å². The van der Waals surface area contributed by atoms with E-state index in [4.69, 9.17) is 18.3 Å². The summed E-state index contributed by atoms with van der Waals surface area (Å²) in [5.74, 6) is 0.924. The van der Waals surface area contributed by atoms with Gasteiger partial charge in [-0.1, -0.05) is 11.5 Å². The maximum absolute atomic E-state index is 11.2. The third-order valence-corrected chi connectivity index (χ3v) is 3.67. The van der Waals surface area contributed by atoms with E-state index in [1.807, 2.05) is 6.07 Å². The molecule has 0 amide bonds. The third-order valence-electron chi connectivity index (χ3n) is 3.08. The fourth-order valence-corrected chi connectivity index (χ4v) is 2.53. The van der Waals surface area contributed by atoms with E-state index in [1.165, 1.54) is 7.11 Å². The predicted octanol–water partition coefficient (Wildman–Crippen LogP) is 2.72. The zero-order chi connectivity index (χ0) is 16.1. The molecule has 0 spiro atoms. The van der Waals surface area contributed by atoms with Crippen molar-refractivity contribution in [3.63, 3.8) is 0 Å². The molecule has 0 saturated carbocycles. The van der Waals surface area contributed by atoms with E-state index < -0.39 is 0 Å². The molecule has 2 aromatic carbocycles. The van der Waals surface area contributed by atoms with Gasteiger partial charge in [0.25, 0.3) is 0 Å². The molecule has 2 aromatic rings. The molecule has 2 rings (SSSR count). The third kappa shape index (κ3) is 4.27. The zero-order valence-electron chi connectivity index (χ0n) is 12.1. The van der Waals surface area contributed by atoms with E-state index in [-0.39, 0.29) is 5.97 Å². The summed E-state index contributed by atoms with van der Waals surface area (Å²) in [6, 6.07) is 10.7. The van der Waals surface area contributed by atoms with Gasteiger partial charge in [0.1, 0.15) is 19.3 Å². The molecule has 0 aliphatic heterocycles. The molecule has 112 valence electrons. The van der Waals surface area contributed by atoms with Crippen molar-refractivity contribution < 1.29 is 14.3 Å². The molecule has 0 unspecified atom stereocenters. The molecule has 4 nitrogen and oxygen atoms in total. The van der Waals surface area contributed by atoms with Crippen molar-refractivity contribution >= 4 is 40.9 Å². The first-order valence-corrected chi connectivity index (χ1v) is 7.47. The Kier molecular flexibility index (Phi) is 5.49. The van der Waals surface area contributed by atoms with Gasteiger partial charge in [-0.3, -0.25) is 4.79 Å². The number of carbonyl (C=O) groups is 1. The average Bonchev–Trinajstić information content (AvgIpc) is 2.50. The van der Waals surface area contributed by atoms with Crippen LogP contribution in [0.4, 0.5) is 5.69 Å². The van der Waals surface area contributed by atoms with Gasteiger partial charge in [0.05, 0.1) is 11.6 Å². The van der Waals surface area contributed by atoms with Crippen molar-refractivity contribution in [3.8, 4) is 11.5 Å². The second kappa shape index (κ2) is 7.36. The molecular weight excluding hydrogens is 345 g/mol. The Labute approximate surface area is 139 Å². The summed E-state index contributed by atoms with van der Waals surface area (Å²) in [4.78, 5) is 11.2. The topological polar surface area (TPSA) is 61.5 Å². The number of benzene rings is 2. The molecule has 0 heterocycles. The number of nitrogens with two attached hydrogens (primary N) is 1. The molecular formula is C16H15BBrNO3. The second-order valence-corrected chi connectivity index (χ2v) is 5.60. The molecule has 0 aromatic heterocycles. The van der Waals surface area contributed by atoms with Gasteiger partial charge in [-0.05, 0) is 58.2 Å². The molecule has 2 N–H and O–H groups in total. The van der Waals surface area contributed by atoms with Crippen LogP contribution in [0.15, 0.2) is 40.9 Å². The Morgan fingerprint density at radius 1 is 1.27 bits per heavy atom. The number of methoxy groups -OCH3 is 1. The summed E-state index contributed by atoms with van der Waals surface area (Å²) in [5.41, 5.74) is 7.73. The molecule has 0 bridgehead atoms. The summed E-state index contributed by atoms with van der Waals surface area (Å²) in [6.07, 6.45) is 0.859. The van der Waals surface area contributed by atoms with E-state index in [1.54, 1.807) is 30.3 Å². The standard InChI is InChI=1S/C16H15BBrNO3/c1-21-15(20)7-2-10-8-13(17)16(14(18)9-10)22-12-5-3-11(19)4-6-12/h3-6,8-9H,2,7,19H2,1H3. The van der Waals surface area contributed by atoms with Crippen molar-refractivity contribution in [2.75, 3.05) is 12.8 Å². The summed E-state index contributed by atoms with van der Waals surface area (Å²) in [6.45, 7) is 0. The van der Waals surface area contributed by atoms with E-state index in [2.05, 4.69) is 20.7 Å². The largest absolute Gasteiger partial charge is 0.469 e. The monoisotopic (exact) mass is 359 g/mol. The van der Waals surface area contributed by atoms with Crippen molar-refractivity contribution in [3.05, 3.63) is 46.4 Å². The Balaban J connectivity index is 2.16. The van der Waals surface area contributed by atoms with Crippen LogP contribution in [0.2, 0.25) is 0 Å². The number of halogens is 1. The fraction of sp³-hybridized carbons (Fsp3) is 0.188. The molecule has 0 aliphatic rings. The minimum atomic E-state index is -0.253. The second-order valence-electron chi connectivity index (χ2n) is 4.74. The van der Waals surface area contributed by atoms with E-state index in [0.717, 1.165) is 10.0 Å². The van der Waals surface area contributed by atoms with Crippen LogP contribution in [-0.2, 0) is 16.0 Å². The SMILES string of the molecule is [B]c1cc(CCC(=O)OC)cc(Br)c1Oc1ccc(N)cc1. The first-order valence-electron chi connectivity index (χ1n) is 6.67. The van der Waals surface area contributed by atoms with Crippen LogP contribution in [0.3, 0.4) is 0 Å². The lowest BCUT2D eigenvalue weighted by atomic mass is 9.92. The number of esters is 1. The van der Waals surface area contributed by atoms with Gasteiger partial charge < -0.3 is 15.2 Å². The van der Waals surface area contributed by atoms with Gasteiger partial charge in [0.2, 0.25) is 0 Å². The van der Waals surface area contributed by atoms with Crippen molar-refractivity contribution in [1.29, 1.82) is 0 Å². The maximum atomic E-state index is 11.2. The molecule has 0 atom stereocenters. The van der Waals surface area contributed by atoms with Gasteiger partial charge in [0, 0.05) is 12.1 Å². The van der Waals surface area contributed by atoms with Crippen molar-refractivity contribution in [2.24, 2.45) is 0 Å². The van der Waals surface area contributed by atoms with Crippen molar-refractivity contribution in [1.82, 2.24) is 0 Å². The summed E-state index contributed by atoms with van der Waals surface area (Å²) in [5, 5.41) is 0. The lowest BCUT2D eigenvalue weighted by Crippen LogP contribution is -2.10. The molecule has 0 aliphatic carbocycles. The van der Waals surface area contributed by atoms with E-state index in [9.17, 15) is 4.79 Å². The van der Waals surface area contributed by atoms with Crippen LogP contribution < -0.4 is 15.9 Å². The zero-order valence-corrected chi connectivity index (χ0v) is 13.7. The highest BCUT2D eigenvalue weighted by Crippen LogP contribution is 2.29. The number of nitrogen functional groups attached to an aromatic ring is 1. The molecule has 22 heavy (non-hydrogen) atoms. The van der Waals surface area contributed by atoms with Gasteiger partial charge in [-0.15, -0.1) is 0 Å².